The molecule has 2 nitrogen and oxygen atoms in total. The van der Waals surface area contributed by atoms with Gasteiger partial charge in [0.15, 0.2) is 0 Å². The van der Waals surface area contributed by atoms with Crippen molar-refractivity contribution < 1.29 is 38.6 Å². The molecule has 0 aromatic heterocycles. The van der Waals surface area contributed by atoms with Crippen molar-refractivity contribution in [2.75, 3.05) is 6.61 Å². The number of rotatable bonds is 8. The van der Waals surface area contributed by atoms with E-state index in [1.54, 1.807) is 0 Å². The summed E-state index contributed by atoms with van der Waals surface area (Å²) in [6.07, 6.45) is 7.48. The first kappa shape index (κ1) is 15.5. The first-order valence-corrected chi connectivity index (χ1v) is 5.09. The van der Waals surface area contributed by atoms with Gasteiger partial charge in [-0.15, -0.1) is 0 Å². The van der Waals surface area contributed by atoms with Crippen LogP contribution in [0, 0.1) is 0 Å². The molecule has 0 rings (SSSR count). The van der Waals surface area contributed by atoms with Crippen molar-refractivity contribution in [1.82, 2.24) is 0 Å². The van der Waals surface area contributed by atoms with Gasteiger partial charge in [0.25, 0.3) is 0 Å². The van der Waals surface area contributed by atoms with Gasteiger partial charge < -0.3 is 0 Å². The maximum absolute atomic E-state index is 9.82. The second kappa shape index (κ2) is 14.6. The predicted octanol–water partition coefficient (Wildman–Crippen LogP) is 0.574. The standard InChI is InChI=1S/C8H17O2P.Na/c1-2-3-4-5-6-7-8-10-11-9;/h2-8H2,1H3;/q;+1. The summed E-state index contributed by atoms with van der Waals surface area (Å²) >= 11 is 0. The number of hydrogen-bond donors (Lipinski definition) is 0. The fraction of sp³-hybridized carbons (Fsp3) is 1.00. The maximum atomic E-state index is 9.82. The van der Waals surface area contributed by atoms with Gasteiger partial charge in [-0.05, 0) is 6.42 Å². The molecule has 0 atom stereocenters. The molecule has 0 aromatic rings. The van der Waals surface area contributed by atoms with Gasteiger partial charge in [0.05, 0.1) is 6.61 Å². The molecule has 0 aliphatic rings. The average molecular weight is 199 g/mol. The fourth-order valence-corrected chi connectivity index (χ4v) is 1.19. The van der Waals surface area contributed by atoms with E-state index >= 15 is 0 Å². The molecule has 0 amide bonds. The Morgan fingerprint density at radius 3 is 2.25 bits per heavy atom. The first-order chi connectivity index (χ1) is 5.41. The van der Waals surface area contributed by atoms with Gasteiger partial charge in [-0.1, -0.05) is 39.0 Å². The van der Waals surface area contributed by atoms with Crippen LogP contribution in [0.4, 0.5) is 0 Å². The summed E-state index contributed by atoms with van der Waals surface area (Å²) in [6.45, 7) is 2.84. The molecule has 0 unspecified atom stereocenters. The Hall–Kier alpha value is 1.06. The van der Waals surface area contributed by atoms with E-state index in [9.17, 15) is 4.57 Å². The zero-order chi connectivity index (χ0) is 8.36. The van der Waals surface area contributed by atoms with Crippen molar-refractivity contribution in [3.05, 3.63) is 0 Å². The Balaban J connectivity index is 0. The summed E-state index contributed by atoms with van der Waals surface area (Å²) in [5, 5.41) is 0. The molecule has 0 fully saturated rings. The van der Waals surface area contributed by atoms with Crippen molar-refractivity contribution in [3.8, 4) is 0 Å². The van der Waals surface area contributed by atoms with E-state index in [0.29, 0.717) is 6.61 Å². The molecule has 0 aliphatic carbocycles. The number of unbranched alkanes of at least 4 members (excludes halogenated alkanes) is 5. The first-order valence-electron chi connectivity index (χ1n) is 4.36. The summed E-state index contributed by atoms with van der Waals surface area (Å²) < 4.78 is 14.5. The van der Waals surface area contributed by atoms with Crippen molar-refractivity contribution in [2.24, 2.45) is 0 Å². The smallest absolute Gasteiger partial charge is 0.294 e. The van der Waals surface area contributed by atoms with E-state index in [4.69, 9.17) is 0 Å². The molecule has 0 heterocycles. The van der Waals surface area contributed by atoms with Gasteiger partial charge >= 0.3 is 38.2 Å². The molecule has 0 aromatic carbocycles. The molecular weight excluding hydrogens is 182 g/mol. The van der Waals surface area contributed by atoms with Crippen LogP contribution in [0.15, 0.2) is 0 Å². The topological polar surface area (TPSA) is 26.3 Å². The van der Waals surface area contributed by atoms with E-state index in [1.165, 1.54) is 32.1 Å². The van der Waals surface area contributed by atoms with Crippen molar-refractivity contribution in [3.63, 3.8) is 0 Å². The fourth-order valence-electron chi connectivity index (χ4n) is 0.984. The molecule has 4 heteroatoms. The van der Waals surface area contributed by atoms with Crippen LogP contribution >= 0.6 is 8.69 Å². The monoisotopic (exact) mass is 199 g/mol. The SMILES string of the molecule is CCCCCCCCOP=O.[Na+]. The van der Waals surface area contributed by atoms with Gasteiger partial charge in [-0.2, -0.15) is 0 Å². The maximum Gasteiger partial charge on any atom is 1.00 e. The zero-order valence-corrected chi connectivity index (χ0v) is 11.1. The summed E-state index contributed by atoms with van der Waals surface area (Å²) in [6, 6.07) is 0. The Kier molecular flexibility index (Phi) is 18.9. The van der Waals surface area contributed by atoms with Crippen molar-refractivity contribution in [1.29, 1.82) is 0 Å². The van der Waals surface area contributed by atoms with Gasteiger partial charge in [0.1, 0.15) is 0 Å². The van der Waals surface area contributed by atoms with Gasteiger partial charge in [0.2, 0.25) is 0 Å². The predicted molar refractivity (Wildman–Crippen MR) is 46.9 cm³/mol. The minimum absolute atomic E-state index is 0. The summed E-state index contributed by atoms with van der Waals surface area (Å²) in [5.41, 5.74) is 0. The zero-order valence-electron chi connectivity index (χ0n) is 8.21. The van der Waals surface area contributed by atoms with Crippen LogP contribution in [0.2, 0.25) is 0 Å². The normalized spacial score (nSPS) is 9.75. The minimum Gasteiger partial charge on any atom is -0.294 e. The van der Waals surface area contributed by atoms with Gasteiger partial charge in [-0.3, -0.25) is 4.52 Å². The van der Waals surface area contributed by atoms with E-state index in [-0.39, 0.29) is 38.2 Å². The molecule has 0 bridgehead atoms. The van der Waals surface area contributed by atoms with Crippen LogP contribution in [0.1, 0.15) is 45.4 Å². The Labute approximate surface area is 99.0 Å². The summed E-state index contributed by atoms with van der Waals surface area (Å²) in [4.78, 5) is 0. The van der Waals surface area contributed by atoms with Gasteiger partial charge in [-0.25, -0.2) is 4.57 Å². The van der Waals surface area contributed by atoms with E-state index < -0.39 is 0 Å². The van der Waals surface area contributed by atoms with E-state index in [1.807, 2.05) is 0 Å². The van der Waals surface area contributed by atoms with Gasteiger partial charge in [0, 0.05) is 0 Å². The Bertz CT molecular complexity index is 91.1. The molecule has 0 radical (unpaired) electrons. The minimum atomic E-state index is -0.180. The third-order valence-electron chi connectivity index (χ3n) is 1.64. The second-order valence-electron chi connectivity index (χ2n) is 2.68. The van der Waals surface area contributed by atoms with Crippen LogP contribution < -0.4 is 29.6 Å². The Morgan fingerprint density at radius 2 is 1.67 bits per heavy atom. The second-order valence-corrected chi connectivity index (χ2v) is 3.08. The van der Waals surface area contributed by atoms with Crippen LogP contribution in [0.3, 0.4) is 0 Å². The molecule has 12 heavy (non-hydrogen) atoms. The van der Waals surface area contributed by atoms with Crippen LogP contribution in [0.25, 0.3) is 0 Å². The van der Waals surface area contributed by atoms with Crippen molar-refractivity contribution in [2.45, 2.75) is 45.4 Å². The average Bonchev–Trinajstić information content (AvgIpc) is 2.03. The van der Waals surface area contributed by atoms with Crippen LogP contribution in [0.5, 0.6) is 0 Å². The molecule has 0 aliphatic heterocycles. The van der Waals surface area contributed by atoms with Crippen LogP contribution in [-0.4, -0.2) is 6.61 Å². The molecule has 0 saturated heterocycles. The van der Waals surface area contributed by atoms with Crippen LogP contribution in [-0.2, 0) is 9.09 Å². The quantitative estimate of drug-likeness (QED) is 0.324. The van der Waals surface area contributed by atoms with E-state index in [0.717, 1.165) is 6.42 Å². The summed E-state index contributed by atoms with van der Waals surface area (Å²) in [5.74, 6) is 0. The third-order valence-corrected chi connectivity index (χ3v) is 1.93. The number of hydrogen-bond acceptors (Lipinski definition) is 2. The largest absolute Gasteiger partial charge is 1.00 e. The molecule has 0 saturated carbocycles. The molecule has 0 spiro atoms. The third kappa shape index (κ3) is 13.6. The Morgan fingerprint density at radius 1 is 1.08 bits per heavy atom. The van der Waals surface area contributed by atoms with Crippen molar-refractivity contribution >= 4 is 8.69 Å². The molecular formula is C8H17NaO2P+. The molecule has 66 valence electrons. The van der Waals surface area contributed by atoms with E-state index in [2.05, 4.69) is 11.4 Å². The summed E-state index contributed by atoms with van der Waals surface area (Å²) in [7, 11) is -0.180. The molecule has 0 N–H and O–H groups in total.